The molecule has 0 saturated heterocycles. The van der Waals surface area contributed by atoms with Crippen LogP contribution in [0.5, 0.6) is 0 Å². The normalized spacial score (nSPS) is 14.5. The molecule has 0 saturated carbocycles. The SMILES string of the molecule is CC(CCNCc1cc(F)c(F)cc1F)S(C)=O. The van der Waals surface area contributed by atoms with Gasteiger partial charge in [-0.05, 0) is 19.0 Å². The van der Waals surface area contributed by atoms with Crippen LogP contribution < -0.4 is 5.32 Å². The Balaban J connectivity index is 2.45. The number of nitrogens with one attached hydrogen (secondary N) is 1. The highest BCUT2D eigenvalue weighted by Crippen LogP contribution is 2.13. The molecule has 6 heteroatoms. The van der Waals surface area contributed by atoms with Gasteiger partial charge in [0.25, 0.3) is 0 Å². The number of halogens is 3. The maximum atomic E-state index is 13.2. The Hall–Kier alpha value is -0.880. The van der Waals surface area contributed by atoms with Crippen LogP contribution in [-0.2, 0) is 17.3 Å². The summed E-state index contributed by atoms with van der Waals surface area (Å²) in [4.78, 5) is 0. The van der Waals surface area contributed by atoms with Crippen molar-refractivity contribution in [1.29, 1.82) is 0 Å². The van der Waals surface area contributed by atoms with Crippen LogP contribution in [-0.4, -0.2) is 22.3 Å². The summed E-state index contributed by atoms with van der Waals surface area (Å²) in [5.74, 6) is -3.02. The van der Waals surface area contributed by atoms with Gasteiger partial charge in [-0.1, -0.05) is 6.92 Å². The van der Waals surface area contributed by atoms with Crippen LogP contribution in [0.25, 0.3) is 0 Å². The van der Waals surface area contributed by atoms with E-state index in [0.717, 1.165) is 6.07 Å². The predicted molar refractivity (Wildman–Crippen MR) is 66.2 cm³/mol. The molecule has 0 aliphatic carbocycles. The Kier molecular flexibility index (Phi) is 5.81. The molecule has 1 rings (SSSR count). The summed E-state index contributed by atoms with van der Waals surface area (Å²) in [6.07, 6.45) is 2.30. The van der Waals surface area contributed by atoms with E-state index in [2.05, 4.69) is 5.32 Å². The second-order valence-electron chi connectivity index (χ2n) is 4.13. The van der Waals surface area contributed by atoms with Gasteiger partial charge in [0.1, 0.15) is 5.82 Å². The lowest BCUT2D eigenvalue weighted by Gasteiger charge is -2.10. The molecule has 0 aliphatic rings. The van der Waals surface area contributed by atoms with E-state index in [1.165, 1.54) is 0 Å². The molecule has 2 nitrogen and oxygen atoms in total. The van der Waals surface area contributed by atoms with Crippen molar-refractivity contribution in [3.63, 3.8) is 0 Å². The minimum Gasteiger partial charge on any atom is -0.313 e. The van der Waals surface area contributed by atoms with Gasteiger partial charge >= 0.3 is 0 Å². The molecule has 2 atom stereocenters. The lowest BCUT2D eigenvalue weighted by Crippen LogP contribution is -2.21. The average Bonchev–Trinajstić information content (AvgIpc) is 2.30. The van der Waals surface area contributed by atoms with E-state index in [1.807, 2.05) is 6.92 Å². The highest BCUT2D eigenvalue weighted by Gasteiger charge is 2.10. The molecular weight excluding hydrogens is 263 g/mol. The molecule has 0 heterocycles. The highest BCUT2D eigenvalue weighted by molar-refractivity contribution is 7.84. The van der Waals surface area contributed by atoms with Gasteiger partial charge in [0.15, 0.2) is 11.6 Å². The molecule has 0 fully saturated rings. The van der Waals surface area contributed by atoms with Gasteiger partial charge < -0.3 is 5.32 Å². The lowest BCUT2D eigenvalue weighted by atomic mass is 10.2. The summed E-state index contributed by atoms with van der Waals surface area (Å²) in [7, 11) is -0.893. The molecule has 0 amide bonds. The maximum absolute atomic E-state index is 13.2. The minimum atomic E-state index is -1.19. The number of benzene rings is 1. The lowest BCUT2D eigenvalue weighted by molar-refractivity contribution is 0.486. The second-order valence-corrected chi connectivity index (χ2v) is 5.93. The van der Waals surface area contributed by atoms with Crippen LogP contribution >= 0.6 is 0 Å². The zero-order valence-electron chi connectivity index (χ0n) is 10.3. The molecule has 0 spiro atoms. The Morgan fingerprint density at radius 1 is 1.22 bits per heavy atom. The summed E-state index contributed by atoms with van der Waals surface area (Å²) in [5.41, 5.74) is 0.0826. The molecule has 1 aromatic rings. The largest absolute Gasteiger partial charge is 0.313 e. The first kappa shape index (κ1) is 15.2. The zero-order chi connectivity index (χ0) is 13.7. The van der Waals surface area contributed by atoms with Gasteiger partial charge in [0, 0.05) is 40.5 Å². The molecule has 2 unspecified atom stereocenters. The Bertz CT molecular complexity index is 440. The smallest absolute Gasteiger partial charge is 0.161 e. The van der Waals surface area contributed by atoms with Gasteiger partial charge in [-0.3, -0.25) is 4.21 Å². The first-order valence-electron chi connectivity index (χ1n) is 5.58. The summed E-state index contributed by atoms with van der Waals surface area (Å²) < 4.78 is 49.9. The van der Waals surface area contributed by atoms with E-state index < -0.39 is 28.3 Å². The second kappa shape index (κ2) is 6.89. The fourth-order valence-corrected chi connectivity index (χ4v) is 1.84. The van der Waals surface area contributed by atoms with Crippen LogP contribution in [0, 0.1) is 17.5 Å². The van der Waals surface area contributed by atoms with E-state index in [4.69, 9.17) is 0 Å². The van der Waals surface area contributed by atoms with Crippen molar-refractivity contribution in [2.75, 3.05) is 12.8 Å². The van der Waals surface area contributed by atoms with Crippen molar-refractivity contribution in [3.8, 4) is 0 Å². The molecule has 0 aromatic heterocycles. The van der Waals surface area contributed by atoms with Crippen LogP contribution in [0.1, 0.15) is 18.9 Å². The topological polar surface area (TPSA) is 29.1 Å². The summed E-state index contributed by atoms with van der Waals surface area (Å²) in [6.45, 7) is 2.52. The fraction of sp³-hybridized carbons (Fsp3) is 0.500. The first-order valence-corrected chi connectivity index (χ1v) is 7.20. The van der Waals surface area contributed by atoms with Gasteiger partial charge in [-0.2, -0.15) is 0 Å². The molecule has 102 valence electrons. The number of hydrogen-bond donors (Lipinski definition) is 1. The van der Waals surface area contributed by atoms with Crippen LogP contribution in [0.2, 0.25) is 0 Å². The van der Waals surface area contributed by atoms with E-state index in [0.29, 0.717) is 19.0 Å². The number of hydrogen-bond acceptors (Lipinski definition) is 2. The molecule has 0 radical (unpaired) electrons. The third kappa shape index (κ3) is 4.42. The van der Waals surface area contributed by atoms with Gasteiger partial charge in [-0.15, -0.1) is 0 Å². The number of rotatable bonds is 6. The van der Waals surface area contributed by atoms with E-state index in [-0.39, 0.29) is 17.4 Å². The third-order valence-corrected chi connectivity index (χ3v) is 4.07. The van der Waals surface area contributed by atoms with Crippen molar-refractivity contribution in [1.82, 2.24) is 5.32 Å². The molecule has 1 N–H and O–H groups in total. The Morgan fingerprint density at radius 3 is 2.44 bits per heavy atom. The van der Waals surface area contributed by atoms with Gasteiger partial charge in [0.05, 0.1) is 0 Å². The standard InChI is InChI=1S/C12H16F3NOS/c1-8(18(2)17)3-4-16-7-9-5-11(14)12(15)6-10(9)13/h5-6,8,16H,3-4,7H2,1-2H3. The van der Waals surface area contributed by atoms with E-state index in [9.17, 15) is 17.4 Å². The van der Waals surface area contributed by atoms with Crippen LogP contribution in [0.4, 0.5) is 13.2 Å². The summed E-state index contributed by atoms with van der Waals surface area (Å²) >= 11 is 0. The minimum absolute atomic E-state index is 0.0484. The predicted octanol–water partition coefficient (Wildman–Crippen LogP) is 2.35. The molecule has 18 heavy (non-hydrogen) atoms. The molecule has 0 bridgehead atoms. The van der Waals surface area contributed by atoms with Gasteiger partial charge in [0.2, 0.25) is 0 Å². The third-order valence-electron chi connectivity index (χ3n) is 2.70. The van der Waals surface area contributed by atoms with Gasteiger partial charge in [-0.25, -0.2) is 13.2 Å². The first-order chi connectivity index (χ1) is 8.41. The molecular formula is C12H16F3NOS. The average molecular weight is 279 g/mol. The Morgan fingerprint density at radius 2 is 1.83 bits per heavy atom. The molecule has 0 aliphatic heterocycles. The van der Waals surface area contributed by atoms with Crippen molar-refractivity contribution in [3.05, 3.63) is 35.1 Å². The van der Waals surface area contributed by atoms with Crippen LogP contribution in [0.3, 0.4) is 0 Å². The van der Waals surface area contributed by atoms with E-state index >= 15 is 0 Å². The van der Waals surface area contributed by atoms with E-state index in [1.54, 1.807) is 6.26 Å². The van der Waals surface area contributed by atoms with Crippen molar-refractivity contribution in [2.45, 2.75) is 25.1 Å². The highest BCUT2D eigenvalue weighted by atomic mass is 32.2. The molecule has 1 aromatic carbocycles. The quantitative estimate of drug-likeness (QED) is 0.640. The van der Waals surface area contributed by atoms with Crippen LogP contribution in [0.15, 0.2) is 12.1 Å². The summed E-state index contributed by atoms with van der Waals surface area (Å²) in [5, 5.41) is 2.96. The Labute approximate surface area is 107 Å². The monoisotopic (exact) mass is 279 g/mol. The maximum Gasteiger partial charge on any atom is 0.161 e. The zero-order valence-corrected chi connectivity index (χ0v) is 11.1. The summed E-state index contributed by atoms with van der Waals surface area (Å²) in [6, 6.07) is 1.38. The van der Waals surface area contributed by atoms with Crippen molar-refractivity contribution >= 4 is 10.8 Å². The van der Waals surface area contributed by atoms with Crippen molar-refractivity contribution < 1.29 is 17.4 Å². The van der Waals surface area contributed by atoms with Crippen molar-refractivity contribution in [2.24, 2.45) is 0 Å². The fourth-order valence-electron chi connectivity index (χ4n) is 1.39.